The number of nitrogens with zero attached hydrogens (tertiary/aromatic N) is 5. The van der Waals surface area contributed by atoms with Gasteiger partial charge in [-0.05, 0) is 26.7 Å². The van der Waals surface area contributed by atoms with Crippen molar-refractivity contribution in [3.63, 3.8) is 0 Å². The fourth-order valence-corrected chi connectivity index (χ4v) is 3.14. The Morgan fingerprint density at radius 2 is 1.88 bits per heavy atom. The summed E-state index contributed by atoms with van der Waals surface area (Å²) >= 11 is 0. The van der Waals surface area contributed by atoms with Crippen LogP contribution >= 0.6 is 24.8 Å². The summed E-state index contributed by atoms with van der Waals surface area (Å²) in [6.07, 6.45) is 1.95. The molecule has 140 valence electrons. The SMILES string of the molecule is Cc1nn(C)c(C)c1CN(C)c1cc(C2CC(N)C2)nc(N)n1.Cl.Cl. The summed E-state index contributed by atoms with van der Waals surface area (Å²) in [4.78, 5) is 10.9. The maximum absolute atomic E-state index is 5.91. The van der Waals surface area contributed by atoms with Crippen LogP contribution in [0.3, 0.4) is 0 Å². The first kappa shape index (κ1) is 21.5. The molecule has 1 fully saturated rings. The number of hydrogen-bond donors (Lipinski definition) is 2. The van der Waals surface area contributed by atoms with Crippen LogP contribution in [0.5, 0.6) is 0 Å². The zero-order chi connectivity index (χ0) is 16.7. The highest BCUT2D eigenvalue weighted by Crippen LogP contribution is 2.35. The second-order valence-electron chi connectivity index (χ2n) is 6.57. The largest absolute Gasteiger partial charge is 0.368 e. The zero-order valence-corrected chi connectivity index (χ0v) is 16.7. The van der Waals surface area contributed by atoms with Crippen LogP contribution in [0, 0.1) is 13.8 Å². The van der Waals surface area contributed by atoms with Gasteiger partial charge in [0.25, 0.3) is 0 Å². The maximum atomic E-state index is 5.91. The molecule has 1 saturated carbocycles. The van der Waals surface area contributed by atoms with E-state index in [1.165, 1.54) is 11.3 Å². The van der Waals surface area contributed by atoms with Crippen molar-refractivity contribution < 1.29 is 0 Å². The van der Waals surface area contributed by atoms with Crippen LogP contribution in [-0.2, 0) is 13.6 Å². The predicted molar refractivity (Wildman–Crippen MR) is 106 cm³/mol. The molecule has 2 heterocycles. The van der Waals surface area contributed by atoms with Crippen molar-refractivity contribution in [2.75, 3.05) is 17.7 Å². The van der Waals surface area contributed by atoms with Crippen LogP contribution in [0.4, 0.5) is 11.8 Å². The molecule has 0 aliphatic heterocycles. The molecule has 1 aliphatic carbocycles. The van der Waals surface area contributed by atoms with E-state index in [0.717, 1.165) is 36.6 Å². The average molecular weight is 388 g/mol. The molecular formula is C16H27Cl2N7. The number of hydrogen-bond acceptors (Lipinski definition) is 6. The molecule has 0 aromatic carbocycles. The highest BCUT2D eigenvalue weighted by atomic mass is 35.5. The third kappa shape index (κ3) is 4.34. The van der Waals surface area contributed by atoms with Crippen molar-refractivity contribution in [2.24, 2.45) is 12.8 Å². The Morgan fingerprint density at radius 3 is 2.40 bits per heavy atom. The molecule has 9 heteroatoms. The second-order valence-corrected chi connectivity index (χ2v) is 6.57. The van der Waals surface area contributed by atoms with E-state index < -0.39 is 0 Å². The summed E-state index contributed by atoms with van der Waals surface area (Å²) in [5, 5.41) is 4.47. The van der Waals surface area contributed by atoms with Crippen LogP contribution in [-0.4, -0.2) is 32.8 Å². The molecule has 2 aromatic heterocycles. The minimum absolute atomic E-state index is 0. The Balaban J connectivity index is 0.00000156. The summed E-state index contributed by atoms with van der Waals surface area (Å²) < 4.78 is 1.91. The molecule has 1 aliphatic rings. The lowest BCUT2D eigenvalue weighted by molar-refractivity contribution is 0.345. The highest BCUT2D eigenvalue weighted by Gasteiger charge is 2.29. The van der Waals surface area contributed by atoms with Gasteiger partial charge >= 0.3 is 0 Å². The summed E-state index contributed by atoms with van der Waals surface area (Å²) in [6, 6.07) is 2.33. The van der Waals surface area contributed by atoms with E-state index in [1.54, 1.807) is 0 Å². The van der Waals surface area contributed by atoms with E-state index in [-0.39, 0.29) is 30.9 Å². The molecule has 0 bridgehead atoms. The minimum atomic E-state index is 0. The first-order valence-electron chi connectivity index (χ1n) is 7.95. The zero-order valence-electron chi connectivity index (χ0n) is 15.1. The van der Waals surface area contributed by atoms with Crippen LogP contribution in [0.2, 0.25) is 0 Å². The van der Waals surface area contributed by atoms with Gasteiger partial charge < -0.3 is 16.4 Å². The summed E-state index contributed by atoms with van der Waals surface area (Å²) in [6.45, 7) is 4.86. The molecule has 0 atom stereocenters. The van der Waals surface area contributed by atoms with Crippen LogP contribution in [0.1, 0.15) is 41.4 Å². The van der Waals surface area contributed by atoms with E-state index in [4.69, 9.17) is 11.5 Å². The van der Waals surface area contributed by atoms with Gasteiger partial charge in [-0.3, -0.25) is 4.68 Å². The number of nitrogen functional groups attached to an aromatic ring is 1. The summed E-state index contributed by atoms with van der Waals surface area (Å²) in [5.41, 5.74) is 16.2. The monoisotopic (exact) mass is 387 g/mol. The second kappa shape index (κ2) is 8.21. The predicted octanol–water partition coefficient (Wildman–Crippen LogP) is 2.09. The number of nitrogens with two attached hydrogens (primary N) is 2. The highest BCUT2D eigenvalue weighted by molar-refractivity contribution is 5.85. The van der Waals surface area contributed by atoms with Crippen molar-refractivity contribution in [3.05, 3.63) is 28.7 Å². The van der Waals surface area contributed by atoms with Gasteiger partial charge in [0.15, 0.2) is 0 Å². The van der Waals surface area contributed by atoms with E-state index in [1.807, 2.05) is 31.8 Å². The van der Waals surface area contributed by atoms with E-state index in [0.29, 0.717) is 11.9 Å². The molecule has 0 amide bonds. The molecule has 0 spiro atoms. The van der Waals surface area contributed by atoms with Gasteiger partial charge in [-0.15, -0.1) is 24.8 Å². The molecule has 3 rings (SSSR count). The van der Waals surface area contributed by atoms with Gasteiger partial charge in [0.05, 0.1) is 11.4 Å². The van der Waals surface area contributed by atoms with Gasteiger partial charge in [-0.1, -0.05) is 0 Å². The Morgan fingerprint density at radius 1 is 1.24 bits per heavy atom. The van der Waals surface area contributed by atoms with Crippen LogP contribution < -0.4 is 16.4 Å². The topological polar surface area (TPSA) is 98.9 Å². The van der Waals surface area contributed by atoms with Gasteiger partial charge in [-0.2, -0.15) is 10.1 Å². The van der Waals surface area contributed by atoms with Crippen molar-refractivity contribution in [2.45, 2.75) is 45.2 Å². The summed E-state index contributed by atoms with van der Waals surface area (Å²) in [7, 11) is 3.98. The van der Waals surface area contributed by atoms with Gasteiger partial charge in [-0.25, -0.2) is 4.98 Å². The Labute approximate surface area is 161 Å². The molecule has 4 N–H and O–H groups in total. The number of rotatable bonds is 4. The lowest BCUT2D eigenvalue weighted by atomic mass is 9.78. The molecular weight excluding hydrogens is 361 g/mol. The molecule has 0 saturated heterocycles. The van der Waals surface area contributed by atoms with Crippen LogP contribution in [0.15, 0.2) is 6.07 Å². The Bertz CT molecular complexity index is 726. The van der Waals surface area contributed by atoms with Crippen molar-refractivity contribution in [1.82, 2.24) is 19.7 Å². The van der Waals surface area contributed by atoms with E-state index in [9.17, 15) is 0 Å². The lowest BCUT2D eigenvalue weighted by Gasteiger charge is -2.32. The third-order valence-electron chi connectivity index (χ3n) is 4.79. The van der Waals surface area contributed by atoms with Gasteiger partial charge in [0.2, 0.25) is 5.95 Å². The quantitative estimate of drug-likeness (QED) is 0.832. The number of halogens is 2. The molecule has 0 unspecified atom stereocenters. The lowest BCUT2D eigenvalue weighted by Crippen LogP contribution is -2.35. The number of anilines is 2. The smallest absolute Gasteiger partial charge is 0.222 e. The van der Waals surface area contributed by atoms with Crippen molar-refractivity contribution in [1.29, 1.82) is 0 Å². The minimum Gasteiger partial charge on any atom is -0.368 e. The maximum Gasteiger partial charge on any atom is 0.222 e. The third-order valence-corrected chi connectivity index (χ3v) is 4.79. The first-order valence-corrected chi connectivity index (χ1v) is 7.95. The molecule has 7 nitrogen and oxygen atoms in total. The molecule has 0 radical (unpaired) electrons. The van der Waals surface area contributed by atoms with E-state index >= 15 is 0 Å². The van der Waals surface area contributed by atoms with Crippen LogP contribution in [0.25, 0.3) is 0 Å². The number of aryl methyl sites for hydroxylation is 2. The van der Waals surface area contributed by atoms with Gasteiger partial charge in [0.1, 0.15) is 5.82 Å². The Kier molecular flexibility index (Phi) is 7.05. The Hall–Kier alpha value is -1.57. The first-order chi connectivity index (χ1) is 10.8. The van der Waals surface area contributed by atoms with Crippen molar-refractivity contribution >= 4 is 36.6 Å². The van der Waals surface area contributed by atoms with Gasteiger partial charge in [0, 0.05) is 49.9 Å². The van der Waals surface area contributed by atoms with E-state index in [2.05, 4.69) is 26.9 Å². The summed E-state index contributed by atoms with van der Waals surface area (Å²) in [5.74, 6) is 1.57. The molecule has 2 aromatic rings. The normalized spacial score (nSPS) is 18.8. The molecule has 25 heavy (non-hydrogen) atoms. The fraction of sp³-hybridized carbons (Fsp3) is 0.562. The number of aromatic nitrogens is 4. The fourth-order valence-electron chi connectivity index (χ4n) is 3.14. The standard InChI is InChI=1S/C16H25N7.2ClH/c1-9-13(10(2)23(4)21-9)8-22(3)15-7-14(19-16(18)20-15)11-5-12(17)6-11;;/h7,11-12H,5-6,8,17H2,1-4H3,(H2,18,19,20);2*1H. The average Bonchev–Trinajstić information content (AvgIpc) is 2.69. The van der Waals surface area contributed by atoms with Crippen molar-refractivity contribution in [3.8, 4) is 0 Å².